The summed E-state index contributed by atoms with van der Waals surface area (Å²) in [5.74, 6) is 1.49. The van der Waals surface area contributed by atoms with E-state index < -0.39 is 0 Å². The van der Waals surface area contributed by atoms with Gasteiger partial charge in [-0.05, 0) is 13.8 Å². The van der Waals surface area contributed by atoms with E-state index in [1.807, 2.05) is 13.8 Å². The van der Waals surface area contributed by atoms with E-state index in [1.54, 1.807) is 0 Å². The molecule has 0 saturated heterocycles. The molecule has 0 aliphatic heterocycles. The normalized spacial score (nSPS) is 13.2. The maximum Gasteiger partial charge on any atom is 0.167 e. The van der Waals surface area contributed by atoms with Gasteiger partial charge in [0.25, 0.3) is 0 Å². The Hall–Kier alpha value is -0.940. The predicted molar refractivity (Wildman–Crippen MR) is 49.2 cm³/mol. The van der Waals surface area contributed by atoms with E-state index in [4.69, 9.17) is 10.5 Å². The third kappa shape index (κ3) is 3.12. The fourth-order valence-corrected chi connectivity index (χ4v) is 0.939. The van der Waals surface area contributed by atoms with Gasteiger partial charge in [0.05, 0.1) is 12.6 Å². The van der Waals surface area contributed by atoms with Crippen LogP contribution in [0.1, 0.15) is 31.5 Å². The fourth-order valence-electron chi connectivity index (χ4n) is 0.939. The fraction of sp³-hybridized carbons (Fsp3) is 0.750. The molecule has 74 valence electrons. The topological polar surface area (TPSA) is 76.8 Å². The zero-order valence-corrected chi connectivity index (χ0v) is 8.08. The van der Waals surface area contributed by atoms with Gasteiger partial charge in [0.1, 0.15) is 5.82 Å². The van der Waals surface area contributed by atoms with E-state index in [9.17, 15) is 0 Å². The van der Waals surface area contributed by atoms with Crippen molar-refractivity contribution < 1.29 is 4.74 Å². The van der Waals surface area contributed by atoms with Crippen LogP contribution in [0, 0.1) is 0 Å². The lowest BCUT2D eigenvalue weighted by molar-refractivity contribution is 0.149. The van der Waals surface area contributed by atoms with Gasteiger partial charge >= 0.3 is 0 Å². The summed E-state index contributed by atoms with van der Waals surface area (Å²) in [6.45, 7) is 5.22. The summed E-state index contributed by atoms with van der Waals surface area (Å²) >= 11 is 0. The minimum atomic E-state index is -0.114. The Labute approximate surface area is 77.7 Å². The van der Waals surface area contributed by atoms with Gasteiger partial charge in [-0.2, -0.15) is 5.10 Å². The summed E-state index contributed by atoms with van der Waals surface area (Å²) in [5.41, 5.74) is 5.61. The Kier molecular flexibility index (Phi) is 3.85. The van der Waals surface area contributed by atoms with Crippen LogP contribution in [0.15, 0.2) is 0 Å². The van der Waals surface area contributed by atoms with Gasteiger partial charge in [0.15, 0.2) is 5.82 Å². The Morgan fingerprint density at radius 1 is 1.62 bits per heavy atom. The summed E-state index contributed by atoms with van der Waals surface area (Å²) in [6, 6.07) is -0.114. The largest absolute Gasteiger partial charge is 0.381 e. The predicted octanol–water partition coefficient (Wildman–Crippen LogP) is 0.403. The van der Waals surface area contributed by atoms with Crippen LogP contribution in [-0.4, -0.2) is 28.4 Å². The Balaban J connectivity index is 2.40. The second-order valence-corrected chi connectivity index (χ2v) is 2.88. The second-order valence-electron chi connectivity index (χ2n) is 2.88. The van der Waals surface area contributed by atoms with E-state index in [2.05, 4.69) is 15.2 Å². The third-order valence-corrected chi connectivity index (χ3v) is 1.64. The maximum atomic E-state index is 5.61. The Morgan fingerprint density at radius 3 is 2.92 bits per heavy atom. The average Bonchev–Trinajstić information content (AvgIpc) is 2.53. The molecule has 0 aliphatic rings. The summed E-state index contributed by atoms with van der Waals surface area (Å²) < 4.78 is 5.19. The smallest absolute Gasteiger partial charge is 0.167 e. The van der Waals surface area contributed by atoms with Crippen molar-refractivity contribution in [2.45, 2.75) is 26.3 Å². The average molecular weight is 184 g/mol. The molecule has 0 radical (unpaired) electrons. The Morgan fingerprint density at radius 2 is 2.38 bits per heavy atom. The lowest BCUT2D eigenvalue weighted by atomic mass is 10.3. The summed E-state index contributed by atoms with van der Waals surface area (Å²) in [4.78, 5) is 4.21. The molecule has 1 aromatic rings. The second kappa shape index (κ2) is 4.94. The summed E-state index contributed by atoms with van der Waals surface area (Å²) in [5, 5.41) is 6.80. The first-order valence-electron chi connectivity index (χ1n) is 4.48. The van der Waals surface area contributed by atoms with E-state index >= 15 is 0 Å². The number of hydrogen-bond acceptors (Lipinski definition) is 4. The summed E-state index contributed by atoms with van der Waals surface area (Å²) in [6.07, 6.45) is 0.758. The van der Waals surface area contributed by atoms with Gasteiger partial charge in [0, 0.05) is 13.0 Å². The van der Waals surface area contributed by atoms with Crippen molar-refractivity contribution >= 4 is 0 Å². The van der Waals surface area contributed by atoms with Crippen LogP contribution >= 0.6 is 0 Å². The molecule has 0 spiro atoms. The molecule has 5 heteroatoms. The van der Waals surface area contributed by atoms with Crippen LogP contribution in [-0.2, 0) is 11.2 Å². The monoisotopic (exact) mass is 184 g/mol. The number of H-pyrrole nitrogens is 1. The van der Waals surface area contributed by atoms with Crippen molar-refractivity contribution in [1.82, 2.24) is 15.2 Å². The lowest BCUT2D eigenvalue weighted by Gasteiger charge is -1.97. The standard InChI is InChI=1S/C8H16N4O/c1-3-13-5-4-7-10-8(6(2)9)12-11-7/h6H,3-5,9H2,1-2H3,(H,10,11,12). The first kappa shape index (κ1) is 10.1. The number of nitrogens with zero attached hydrogens (tertiary/aromatic N) is 2. The first-order chi connectivity index (χ1) is 6.24. The van der Waals surface area contributed by atoms with Gasteiger partial charge in [-0.25, -0.2) is 4.98 Å². The number of aromatic nitrogens is 3. The van der Waals surface area contributed by atoms with E-state index in [0.717, 1.165) is 18.9 Å². The molecule has 1 unspecified atom stereocenters. The molecule has 13 heavy (non-hydrogen) atoms. The zero-order chi connectivity index (χ0) is 9.68. The molecule has 0 amide bonds. The molecule has 0 saturated carbocycles. The van der Waals surface area contributed by atoms with Crippen LogP contribution in [0.2, 0.25) is 0 Å². The SMILES string of the molecule is CCOCCc1nc(C(C)N)n[nH]1. The van der Waals surface area contributed by atoms with Gasteiger partial charge in [-0.3, -0.25) is 5.10 Å². The number of ether oxygens (including phenoxy) is 1. The number of rotatable bonds is 5. The van der Waals surface area contributed by atoms with Crippen molar-refractivity contribution in [3.8, 4) is 0 Å². The van der Waals surface area contributed by atoms with Crippen LogP contribution in [0.3, 0.4) is 0 Å². The van der Waals surface area contributed by atoms with Crippen molar-refractivity contribution in [3.05, 3.63) is 11.6 Å². The van der Waals surface area contributed by atoms with Gasteiger partial charge in [-0.15, -0.1) is 0 Å². The van der Waals surface area contributed by atoms with Crippen LogP contribution in [0.25, 0.3) is 0 Å². The van der Waals surface area contributed by atoms with Crippen molar-refractivity contribution in [2.75, 3.05) is 13.2 Å². The van der Waals surface area contributed by atoms with Gasteiger partial charge in [-0.1, -0.05) is 0 Å². The molecule has 0 aliphatic carbocycles. The molecular formula is C8H16N4O. The van der Waals surface area contributed by atoms with Crippen molar-refractivity contribution in [1.29, 1.82) is 0 Å². The molecule has 0 bridgehead atoms. The molecular weight excluding hydrogens is 168 g/mol. The highest BCUT2D eigenvalue weighted by Gasteiger charge is 2.06. The van der Waals surface area contributed by atoms with Crippen LogP contribution in [0.4, 0.5) is 0 Å². The van der Waals surface area contributed by atoms with E-state index in [1.165, 1.54) is 0 Å². The third-order valence-electron chi connectivity index (χ3n) is 1.64. The molecule has 0 fully saturated rings. The first-order valence-corrected chi connectivity index (χ1v) is 4.48. The van der Waals surface area contributed by atoms with Crippen molar-refractivity contribution in [2.24, 2.45) is 5.73 Å². The van der Waals surface area contributed by atoms with Crippen LogP contribution < -0.4 is 5.73 Å². The highest BCUT2D eigenvalue weighted by Crippen LogP contribution is 2.02. The van der Waals surface area contributed by atoms with Crippen LogP contribution in [0.5, 0.6) is 0 Å². The Bertz CT molecular complexity index is 246. The summed E-state index contributed by atoms with van der Waals surface area (Å²) in [7, 11) is 0. The van der Waals surface area contributed by atoms with Gasteiger partial charge in [0.2, 0.25) is 0 Å². The maximum absolute atomic E-state index is 5.61. The number of nitrogens with one attached hydrogen (secondary N) is 1. The quantitative estimate of drug-likeness (QED) is 0.649. The minimum Gasteiger partial charge on any atom is -0.381 e. The van der Waals surface area contributed by atoms with Gasteiger partial charge < -0.3 is 10.5 Å². The molecule has 5 nitrogen and oxygen atoms in total. The molecule has 1 rings (SSSR count). The van der Waals surface area contributed by atoms with E-state index in [0.29, 0.717) is 12.4 Å². The highest BCUT2D eigenvalue weighted by molar-refractivity contribution is 4.94. The van der Waals surface area contributed by atoms with Crippen molar-refractivity contribution in [3.63, 3.8) is 0 Å². The number of hydrogen-bond donors (Lipinski definition) is 2. The zero-order valence-electron chi connectivity index (χ0n) is 8.08. The molecule has 1 atom stereocenters. The molecule has 1 heterocycles. The molecule has 3 N–H and O–H groups in total. The molecule has 1 aromatic heterocycles. The number of aromatic amines is 1. The minimum absolute atomic E-state index is 0.114. The molecule has 0 aromatic carbocycles. The lowest BCUT2D eigenvalue weighted by Crippen LogP contribution is -2.07. The van der Waals surface area contributed by atoms with E-state index in [-0.39, 0.29) is 6.04 Å². The number of nitrogens with two attached hydrogens (primary N) is 1. The highest BCUT2D eigenvalue weighted by atomic mass is 16.5.